The second-order valence-corrected chi connectivity index (χ2v) is 9.87. The fourth-order valence-corrected chi connectivity index (χ4v) is 5.49. The van der Waals surface area contributed by atoms with Crippen molar-refractivity contribution in [3.8, 4) is 17.2 Å². The molecule has 3 aliphatic heterocycles. The Kier molecular flexibility index (Phi) is 7.58. The van der Waals surface area contributed by atoms with Crippen molar-refractivity contribution in [3.05, 3.63) is 58.7 Å². The number of fused-ring (bicyclic) bond motifs is 1. The highest BCUT2D eigenvalue weighted by molar-refractivity contribution is 6.46. The average Bonchev–Trinajstić information content (AvgIpc) is 3.43. The third-order valence-electron chi connectivity index (χ3n) is 7.41. The number of nitrogens with zero attached hydrogens (tertiary/aromatic N) is 2. The summed E-state index contributed by atoms with van der Waals surface area (Å²) >= 11 is 0. The van der Waals surface area contributed by atoms with Crippen LogP contribution in [0, 0.1) is 0 Å². The predicted octanol–water partition coefficient (Wildman–Crippen LogP) is 3.17. The lowest BCUT2D eigenvalue weighted by atomic mass is 9.94. The zero-order valence-corrected chi connectivity index (χ0v) is 22.1. The Hall–Kier alpha value is -3.56. The summed E-state index contributed by atoms with van der Waals surface area (Å²) in [5.74, 6) is 0.279. The molecule has 0 bridgehead atoms. The number of carbonyl (C=O) groups is 2. The van der Waals surface area contributed by atoms with Crippen LogP contribution in [0.4, 0.5) is 0 Å². The summed E-state index contributed by atoms with van der Waals surface area (Å²) in [6, 6.07) is 9.92. The van der Waals surface area contributed by atoms with Crippen LogP contribution in [0.3, 0.4) is 0 Å². The molecule has 0 aromatic heterocycles. The minimum Gasteiger partial charge on any atom is -0.507 e. The van der Waals surface area contributed by atoms with Crippen molar-refractivity contribution in [1.29, 1.82) is 0 Å². The van der Waals surface area contributed by atoms with E-state index < -0.39 is 17.7 Å². The van der Waals surface area contributed by atoms with Crippen molar-refractivity contribution < 1.29 is 33.6 Å². The number of rotatable bonds is 8. The third kappa shape index (κ3) is 4.96. The molecule has 2 saturated heterocycles. The molecule has 1 N–H and O–H groups in total. The summed E-state index contributed by atoms with van der Waals surface area (Å²) in [7, 11) is 3.09. The highest BCUT2D eigenvalue weighted by atomic mass is 16.5. The smallest absolute Gasteiger partial charge is 0.295 e. The molecule has 1 amide bonds. The Morgan fingerprint density at radius 3 is 2.53 bits per heavy atom. The number of hydrogen-bond acceptors (Lipinski definition) is 8. The van der Waals surface area contributed by atoms with Crippen LogP contribution in [0.25, 0.3) is 5.76 Å². The zero-order chi connectivity index (χ0) is 26.8. The van der Waals surface area contributed by atoms with Crippen LogP contribution in [0.5, 0.6) is 17.2 Å². The first-order valence-corrected chi connectivity index (χ1v) is 13.0. The summed E-state index contributed by atoms with van der Waals surface area (Å²) < 4.78 is 22.1. The van der Waals surface area contributed by atoms with Gasteiger partial charge in [0.05, 0.1) is 39.0 Å². The summed E-state index contributed by atoms with van der Waals surface area (Å²) in [5, 5.41) is 11.5. The monoisotopic (exact) mass is 522 g/mol. The van der Waals surface area contributed by atoms with Crippen LogP contribution in [0.15, 0.2) is 42.0 Å². The van der Waals surface area contributed by atoms with E-state index in [-0.39, 0.29) is 17.4 Å². The molecule has 5 rings (SSSR count). The van der Waals surface area contributed by atoms with Gasteiger partial charge in [-0.15, -0.1) is 0 Å². The zero-order valence-electron chi connectivity index (χ0n) is 22.1. The molecule has 2 aromatic rings. The molecule has 2 aromatic carbocycles. The molecule has 9 nitrogen and oxygen atoms in total. The average molecular weight is 523 g/mol. The van der Waals surface area contributed by atoms with Crippen molar-refractivity contribution in [2.75, 3.05) is 53.6 Å². The number of hydrogen-bond donors (Lipinski definition) is 1. The molecule has 2 fully saturated rings. The second-order valence-electron chi connectivity index (χ2n) is 9.87. The normalized spacial score (nSPS) is 22.9. The molecule has 202 valence electrons. The molecule has 0 spiro atoms. The van der Waals surface area contributed by atoms with Gasteiger partial charge in [-0.05, 0) is 54.8 Å². The first-order valence-electron chi connectivity index (χ1n) is 13.0. The second kappa shape index (κ2) is 11.0. The fourth-order valence-electron chi connectivity index (χ4n) is 5.49. The van der Waals surface area contributed by atoms with E-state index >= 15 is 0 Å². The van der Waals surface area contributed by atoms with E-state index in [0.717, 1.165) is 30.9 Å². The Morgan fingerprint density at radius 1 is 1.03 bits per heavy atom. The van der Waals surface area contributed by atoms with E-state index in [0.29, 0.717) is 55.2 Å². The van der Waals surface area contributed by atoms with Gasteiger partial charge in [0.1, 0.15) is 17.6 Å². The summed E-state index contributed by atoms with van der Waals surface area (Å²) in [5.41, 5.74) is 2.18. The molecule has 3 heterocycles. The van der Waals surface area contributed by atoms with Crippen LogP contribution < -0.4 is 14.2 Å². The number of carbonyl (C=O) groups excluding carboxylic acids is 2. The first kappa shape index (κ1) is 26.1. The van der Waals surface area contributed by atoms with Crippen molar-refractivity contribution in [2.24, 2.45) is 0 Å². The lowest BCUT2D eigenvalue weighted by molar-refractivity contribution is -0.140. The van der Waals surface area contributed by atoms with Gasteiger partial charge in [-0.2, -0.15) is 0 Å². The number of benzene rings is 2. The van der Waals surface area contributed by atoms with Gasteiger partial charge in [-0.3, -0.25) is 14.5 Å². The Labute approximate surface area is 222 Å². The molecule has 38 heavy (non-hydrogen) atoms. The highest BCUT2D eigenvalue weighted by Gasteiger charge is 2.46. The lowest BCUT2D eigenvalue weighted by Crippen LogP contribution is -2.38. The minimum absolute atomic E-state index is 0.0474. The highest BCUT2D eigenvalue weighted by Crippen LogP contribution is 2.42. The van der Waals surface area contributed by atoms with E-state index in [1.165, 1.54) is 7.11 Å². The number of ether oxygens (including phenoxy) is 4. The maximum absolute atomic E-state index is 13.4. The van der Waals surface area contributed by atoms with Crippen molar-refractivity contribution >= 4 is 17.4 Å². The van der Waals surface area contributed by atoms with E-state index in [1.807, 2.05) is 13.0 Å². The molecule has 0 aliphatic carbocycles. The third-order valence-corrected chi connectivity index (χ3v) is 7.41. The molecule has 9 heteroatoms. The molecular weight excluding hydrogens is 488 g/mol. The lowest BCUT2D eigenvalue weighted by Gasteiger charge is -2.29. The van der Waals surface area contributed by atoms with E-state index in [9.17, 15) is 14.7 Å². The van der Waals surface area contributed by atoms with Gasteiger partial charge in [0.15, 0.2) is 11.5 Å². The Bertz CT molecular complexity index is 1250. The van der Waals surface area contributed by atoms with Crippen LogP contribution in [-0.2, 0) is 20.7 Å². The first-order chi connectivity index (χ1) is 18.4. The summed E-state index contributed by atoms with van der Waals surface area (Å²) in [4.78, 5) is 30.6. The largest absolute Gasteiger partial charge is 0.507 e. The van der Waals surface area contributed by atoms with Crippen molar-refractivity contribution in [3.63, 3.8) is 0 Å². The quantitative estimate of drug-likeness (QED) is 0.321. The van der Waals surface area contributed by atoms with E-state index in [4.69, 9.17) is 18.9 Å². The Morgan fingerprint density at radius 2 is 1.79 bits per heavy atom. The van der Waals surface area contributed by atoms with Gasteiger partial charge in [0, 0.05) is 38.2 Å². The topological polar surface area (TPSA) is 97.8 Å². The summed E-state index contributed by atoms with van der Waals surface area (Å²) in [6.45, 7) is 6.22. The Balaban J connectivity index is 1.52. The number of amides is 1. The molecule has 2 unspecified atom stereocenters. The summed E-state index contributed by atoms with van der Waals surface area (Å²) in [6.07, 6.45) is 1.45. The number of morpholine rings is 1. The number of aliphatic hydroxyl groups excluding tert-OH is 1. The molecule has 2 atom stereocenters. The number of ketones is 1. The SMILES string of the molecule is COc1ccc(C2/C(=C(\O)c3ccc4c(c3)CC(C)O4)C(=O)C(=O)N2CCCN2CCOCC2)cc1OC. The van der Waals surface area contributed by atoms with E-state index in [1.54, 1.807) is 42.3 Å². The number of likely N-dealkylation sites (tertiary alicyclic amines) is 1. The molecule has 0 saturated carbocycles. The molecular formula is C29H34N2O7. The number of Topliss-reactive ketones (excluding diaryl/α,β-unsaturated/α-hetero) is 1. The standard InChI is InChI=1S/C29H34N2O7/c1-18-15-21-16-20(6-7-22(21)38-18)27(32)25-26(19-5-8-23(35-2)24(17-19)36-3)31(29(34)28(25)33)10-4-9-30-11-13-37-14-12-30/h5-8,16-18,26,32H,4,9-15H2,1-3H3/b27-25+. The van der Waals surface area contributed by atoms with Gasteiger partial charge in [-0.25, -0.2) is 0 Å². The maximum atomic E-state index is 13.4. The van der Waals surface area contributed by atoms with E-state index in [2.05, 4.69) is 4.90 Å². The van der Waals surface area contributed by atoms with Gasteiger partial charge < -0.3 is 29.0 Å². The van der Waals surface area contributed by atoms with Crippen LogP contribution >= 0.6 is 0 Å². The minimum atomic E-state index is -0.761. The van der Waals surface area contributed by atoms with Crippen LogP contribution in [0.1, 0.15) is 36.1 Å². The maximum Gasteiger partial charge on any atom is 0.295 e. The van der Waals surface area contributed by atoms with Crippen molar-refractivity contribution in [2.45, 2.75) is 31.9 Å². The van der Waals surface area contributed by atoms with Gasteiger partial charge in [-0.1, -0.05) is 6.07 Å². The van der Waals surface area contributed by atoms with Crippen LogP contribution in [-0.4, -0.2) is 86.3 Å². The molecule has 0 radical (unpaired) electrons. The van der Waals surface area contributed by atoms with Gasteiger partial charge >= 0.3 is 0 Å². The fraction of sp³-hybridized carbons (Fsp3) is 0.448. The van der Waals surface area contributed by atoms with Gasteiger partial charge in [0.2, 0.25) is 0 Å². The van der Waals surface area contributed by atoms with Crippen molar-refractivity contribution in [1.82, 2.24) is 9.80 Å². The van der Waals surface area contributed by atoms with Gasteiger partial charge in [0.25, 0.3) is 11.7 Å². The van der Waals surface area contributed by atoms with Crippen LogP contribution in [0.2, 0.25) is 0 Å². The predicted molar refractivity (Wildman–Crippen MR) is 141 cm³/mol. The molecule has 3 aliphatic rings. The number of aliphatic hydroxyl groups is 1. The number of methoxy groups -OCH3 is 2.